The van der Waals surface area contributed by atoms with Gasteiger partial charge in [0.05, 0.1) is 26.2 Å². The van der Waals surface area contributed by atoms with Gasteiger partial charge in [0.25, 0.3) is 0 Å². The van der Waals surface area contributed by atoms with Gasteiger partial charge in [0.1, 0.15) is 55.4 Å². The summed E-state index contributed by atoms with van der Waals surface area (Å²) in [5.41, 5.74) is 0. The largest absolute Gasteiger partial charge is 0.462 e. The lowest BCUT2D eigenvalue weighted by atomic mass is 9.98. The van der Waals surface area contributed by atoms with Gasteiger partial charge in [-0.25, -0.2) is 0 Å². The van der Waals surface area contributed by atoms with Gasteiger partial charge in [-0.2, -0.15) is 0 Å². The molecule has 0 radical (unpaired) electrons. The molecule has 2 fully saturated rings. The van der Waals surface area contributed by atoms with Crippen molar-refractivity contribution in [2.75, 3.05) is 26.4 Å². The fourth-order valence-corrected chi connectivity index (χ4v) is 7.11. The van der Waals surface area contributed by atoms with E-state index < -0.39 is 99.3 Å². The van der Waals surface area contributed by atoms with E-state index in [2.05, 4.69) is 50.3 Å². The quantitative estimate of drug-likeness (QED) is 0.0230. The topological polar surface area (TPSA) is 231 Å². The van der Waals surface area contributed by atoms with Gasteiger partial charge in [0.15, 0.2) is 18.7 Å². The monoisotopic (exact) mass is 911 g/mol. The molecule has 2 saturated heterocycles. The second-order valence-corrected chi connectivity index (χ2v) is 16.6. The van der Waals surface area contributed by atoms with Crippen LogP contribution in [0.15, 0.2) is 60.8 Å². The van der Waals surface area contributed by atoms with Crippen molar-refractivity contribution in [1.29, 1.82) is 0 Å². The van der Waals surface area contributed by atoms with Gasteiger partial charge in [-0.1, -0.05) is 152 Å². The summed E-state index contributed by atoms with van der Waals surface area (Å²) in [6.07, 6.45) is 22.9. The summed E-state index contributed by atoms with van der Waals surface area (Å²) in [5, 5.41) is 71.9. The fourth-order valence-electron chi connectivity index (χ4n) is 7.11. The molecule has 0 aromatic heterocycles. The number of rotatable bonds is 35. The van der Waals surface area contributed by atoms with Gasteiger partial charge < -0.3 is 64.2 Å². The summed E-state index contributed by atoms with van der Waals surface area (Å²) in [5.74, 6) is -1.08. The average molecular weight is 911 g/mol. The van der Waals surface area contributed by atoms with Crippen molar-refractivity contribution in [3.05, 3.63) is 60.8 Å². The Morgan fingerprint density at radius 2 is 0.969 bits per heavy atom. The van der Waals surface area contributed by atoms with Crippen LogP contribution in [0.5, 0.6) is 0 Å². The van der Waals surface area contributed by atoms with Crippen LogP contribution in [0.25, 0.3) is 0 Å². The minimum atomic E-state index is -1.78. The number of hydrogen-bond donors (Lipinski definition) is 7. The standard InChI is InChI=1S/C49H82O15/c1-3-5-7-9-11-13-15-17-18-20-22-24-26-28-30-32-41(52)62-37(34-59-40(51)31-29-27-25-23-21-19-16-14-12-10-8-6-4-2)35-60-48-47(58)45(56)43(54)39(64-48)36-61-49-46(57)44(55)42(53)38(33-50)63-49/h5,7,11,13,17-18,22,24,28,30,37-39,42-50,53-58H,3-4,6,8-10,12,14-16,19-21,23,25-27,29,31-36H2,1-2H3/b7-5-,13-11-,18-17-,24-22-,30-28-. The summed E-state index contributed by atoms with van der Waals surface area (Å²) in [7, 11) is 0. The predicted molar refractivity (Wildman–Crippen MR) is 243 cm³/mol. The van der Waals surface area contributed by atoms with Gasteiger partial charge in [-0.15, -0.1) is 0 Å². The first-order chi connectivity index (χ1) is 31.0. The Labute approximate surface area is 381 Å². The van der Waals surface area contributed by atoms with Gasteiger partial charge in [-0.3, -0.25) is 9.59 Å². The predicted octanol–water partition coefficient (Wildman–Crippen LogP) is 5.70. The van der Waals surface area contributed by atoms with Gasteiger partial charge in [0, 0.05) is 6.42 Å². The highest BCUT2D eigenvalue weighted by Crippen LogP contribution is 2.26. The Morgan fingerprint density at radius 3 is 1.48 bits per heavy atom. The summed E-state index contributed by atoms with van der Waals surface area (Å²) in [6.45, 7) is 2.35. The van der Waals surface area contributed by atoms with Crippen LogP contribution in [0, 0.1) is 0 Å². The highest BCUT2D eigenvalue weighted by Gasteiger charge is 2.47. The second-order valence-electron chi connectivity index (χ2n) is 16.6. The van der Waals surface area contributed by atoms with Crippen LogP contribution < -0.4 is 0 Å². The third-order valence-electron chi connectivity index (χ3n) is 11.0. The molecule has 11 atom stereocenters. The molecule has 0 bridgehead atoms. The minimum Gasteiger partial charge on any atom is -0.462 e. The van der Waals surface area contributed by atoms with Crippen molar-refractivity contribution in [3.63, 3.8) is 0 Å². The molecule has 368 valence electrons. The molecule has 2 rings (SSSR count). The second kappa shape index (κ2) is 36.3. The zero-order chi connectivity index (χ0) is 46.8. The van der Waals surface area contributed by atoms with Gasteiger partial charge >= 0.3 is 11.9 Å². The third kappa shape index (κ3) is 24.6. The number of hydrogen-bond acceptors (Lipinski definition) is 15. The molecule has 15 heteroatoms. The molecule has 0 spiro atoms. The highest BCUT2D eigenvalue weighted by atomic mass is 16.7. The number of allylic oxidation sites excluding steroid dienone is 9. The van der Waals surface area contributed by atoms with E-state index in [1.54, 1.807) is 6.08 Å². The van der Waals surface area contributed by atoms with Crippen LogP contribution >= 0.6 is 0 Å². The SMILES string of the molecule is CC/C=C\C/C=C\C/C=C\C/C=C\C/C=C\CC(=O)OC(COC(=O)CCCCCCCCCCCCCCC)COC1OC(COC2OC(CO)C(O)C(O)C2O)C(O)C(O)C1O. The minimum absolute atomic E-state index is 0.0677. The number of esters is 2. The smallest absolute Gasteiger partial charge is 0.310 e. The van der Waals surface area contributed by atoms with Crippen molar-refractivity contribution in [3.8, 4) is 0 Å². The molecule has 0 amide bonds. The van der Waals surface area contributed by atoms with E-state index in [1.165, 1.54) is 57.8 Å². The first-order valence-electron chi connectivity index (χ1n) is 23.9. The average Bonchev–Trinajstić information content (AvgIpc) is 3.29. The normalized spacial score (nSPS) is 27.1. The molecule has 0 aliphatic carbocycles. The number of ether oxygens (including phenoxy) is 6. The Balaban J connectivity index is 1.88. The first-order valence-corrected chi connectivity index (χ1v) is 23.9. The number of aliphatic hydroxyl groups excluding tert-OH is 7. The Hall–Kier alpha value is -2.80. The van der Waals surface area contributed by atoms with E-state index >= 15 is 0 Å². The highest BCUT2D eigenvalue weighted by molar-refractivity contribution is 5.71. The molecule has 0 aromatic carbocycles. The van der Waals surface area contributed by atoms with E-state index in [9.17, 15) is 45.3 Å². The molecular weight excluding hydrogens is 829 g/mol. The molecule has 7 N–H and O–H groups in total. The lowest BCUT2D eigenvalue weighted by Crippen LogP contribution is -2.61. The van der Waals surface area contributed by atoms with E-state index in [0.29, 0.717) is 12.8 Å². The van der Waals surface area contributed by atoms with Crippen molar-refractivity contribution >= 4 is 11.9 Å². The maximum absolute atomic E-state index is 12.9. The zero-order valence-corrected chi connectivity index (χ0v) is 38.5. The van der Waals surface area contributed by atoms with Crippen molar-refractivity contribution in [2.45, 2.75) is 210 Å². The van der Waals surface area contributed by atoms with Crippen molar-refractivity contribution in [1.82, 2.24) is 0 Å². The summed E-state index contributed by atoms with van der Waals surface area (Å²) >= 11 is 0. The summed E-state index contributed by atoms with van der Waals surface area (Å²) in [4.78, 5) is 25.6. The zero-order valence-electron chi connectivity index (χ0n) is 38.5. The van der Waals surface area contributed by atoms with E-state index in [0.717, 1.165) is 44.9 Å². The van der Waals surface area contributed by atoms with Crippen LogP contribution in [0.3, 0.4) is 0 Å². The molecule has 2 aliphatic heterocycles. The number of aliphatic hydroxyl groups is 7. The Bertz CT molecular complexity index is 1350. The number of unbranched alkanes of at least 4 members (excludes halogenated alkanes) is 12. The van der Waals surface area contributed by atoms with Crippen molar-refractivity contribution in [2.24, 2.45) is 0 Å². The Morgan fingerprint density at radius 1 is 0.516 bits per heavy atom. The lowest BCUT2D eigenvalue weighted by molar-refractivity contribution is -0.332. The van der Waals surface area contributed by atoms with Crippen LogP contribution in [-0.4, -0.2) is 142 Å². The third-order valence-corrected chi connectivity index (χ3v) is 11.0. The van der Waals surface area contributed by atoms with E-state index in [-0.39, 0.29) is 19.4 Å². The van der Waals surface area contributed by atoms with Crippen LogP contribution in [0.2, 0.25) is 0 Å². The van der Waals surface area contributed by atoms with Crippen LogP contribution in [0.1, 0.15) is 142 Å². The molecule has 64 heavy (non-hydrogen) atoms. The van der Waals surface area contributed by atoms with Crippen LogP contribution in [0.4, 0.5) is 0 Å². The van der Waals surface area contributed by atoms with Gasteiger partial charge in [0.2, 0.25) is 0 Å². The van der Waals surface area contributed by atoms with E-state index in [4.69, 9.17) is 28.4 Å². The number of carbonyl (C=O) groups is 2. The first kappa shape index (κ1) is 57.3. The van der Waals surface area contributed by atoms with E-state index in [1.807, 2.05) is 18.2 Å². The molecule has 11 unspecified atom stereocenters. The number of carbonyl (C=O) groups excluding carboxylic acids is 2. The van der Waals surface area contributed by atoms with Crippen LogP contribution in [-0.2, 0) is 38.0 Å². The van der Waals surface area contributed by atoms with Gasteiger partial charge in [-0.05, 0) is 38.5 Å². The fraction of sp³-hybridized carbons (Fsp3) is 0.755. The summed E-state index contributed by atoms with van der Waals surface area (Å²) < 4.78 is 33.3. The molecule has 0 saturated carbocycles. The summed E-state index contributed by atoms with van der Waals surface area (Å²) in [6, 6.07) is 0. The molecule has 2 heterocycles. The molecule has 0 aromatic rings. The molecule has 2 aliphatic rings. The maximum atomic E-state index is 12.9. The maximum Gasteiger partial charge on any atom is 0.310 e. The molecule has 15 nitrogen and oxygen atoms in total. The molecular formula is C49H82O15. The Kier molecular flexibility index (Phi) is 32.5. The lowest BCUT2D eigenvalue weighted by Gasteiger charge is -2.42. The van der Waals surface area contributed by atoms with Crippen molar-refractivity contribution < 1.29 is 73.8 Å².